The van der Waals surface area contributed by atoms with Crippen LogP contribution >= 0.6 is 11.6 Å². The summed E-state index contributed by atoms with van der Waals surface area (Å²) in [4.78, 5) is 11.9. The van der Waals surface area contributed by atoms with Crippen molar-refractivity contribution in [3.05, 3.63) is 71.0 Å². The molecule has 2 rings (SSSR count). The van der Waals surface area contributed by atoms with Gasteiger partial charge < -0.3 is 0 Å². The lowest BCUT2D eigenvalue weighted by Gasteiger charge is -1.96. The minimum absolute atomic E-state index is 0.0360. The average molecular weight is 259 g/mol. The van der Waals surface area contributed by atoms with Crippen molar-refractivity contribution in [3.8, 4) is 0 Å². The van der Waals surface area contributed by atoms with Gasteiger partial charge in [-0.3, -0.25) is 4.79 Å². The Labute approximate surface area is 111 Å². The molecule has 0 unspecified atom stereocenters. The summed E-state index contributed by atoms with van der Waals surface area (Å²) in [7, 11) is 1.88. The fourth-order valence-corrected chi connectivity index (χ4v) is 1.80. The lowest BCUT2D eigenvalue weighted by molar-refractivity contribution is -0.671. The van der Waals surface area contributed by atoms with Crippen molar-refractivity contribution in [2.45, 2.75) is 0 Å². The van der Waals surface area contributed by atoms with E-state index >= 15 is 0 Å². The Balaban J connectivity index is 2.20. The van der Waals surface area contributed by atoms with Crippen LogP contribution in [0.3, 0.4) is 0 Å². The van der Waals surface area contributed by atoms with E-state index in [0.29, 0.717) is 10.6 Å². The van der Waals surface area contributed by atoms with Gasteiger partial charge in [0.05, 0.1) is 5.56 Å². The minimum atomic E-state index is -0.0360. The maximum atomic E-state index is 11.9. The normalized spacial score (nSPS) is 10.8. The summed E-state index contributed by atoms with van der Waals surface area (Å²) in [5, 5.41) is 0.639. The van der Waals surface area contributed by atoms with E-state index in [2.05, 4.69) is 0 Å². The van der Waals surface area contributed by atoms with Crippen LogP contribution in [-0.4, -0.2) is 5.78 Å². The van der Waals surface area contributed by atoms with E-state index < -0.39 is 0 Å². The average Bonchev–Trinajstić information content (AvgIpc) is 2.37. The standard InChI is InChI=1S/C15H13ClNO/c1-17-10-4-6-13(11-17)15(18)9-8-12-5-2-3-7-14(12)16/h2-11H,1H3/q+1/b9-8-. The largest absolute Gasteiger partial charge is 0.289 e. The summed E-state index contributed by atoms with van der Waals surface area (Å²) in [6.07, 6.45) is 6.95. The Bertz CT molecular complexity index is 605. The molecule has 0 fully saturated rings. The third-order valence-electron chi connectivity index (χ3n) is 2.54. The van der Waals surface area contributed by atoms with E-state index in [1.54, 1.807) is 24.4 Å². The number of pyridine rings is 1. The Morgan fingerprint density at radius 2 is 2.00 bits per heavy atom. The molecule has 1 aromatic carbocycles. The quantitative estimate of drug-likeness (QED) is 0.471. The molecule has 0 aliphatic carbocycles. The number of rotatable bonds is 3. The number of halogens is 1. The van der Waals surface area contributed by atoms with E-state index in [1.807, 2.05) is 42.1 Å². The van der Waals surface area contributed by atoms with Crippen LogP contribution in [0.1, 0.15) is 15.9 Å². The monoisotopic (exact) mass is 258 g/mol. The SMILES string of the molecule is C[n+]1cccc(C(=O)/C=C\c2ccccc2Cl)c1. The molecule has 0 saturated carbocycles. The van der Waals surface area contributed by atoms with Gasteiger partial charge in [0.1, 0.15) is 7.05 Å². The highest BCUT2D eigenvalue weighted by atomic mass is 35.5. The van der Waals surface area contributed by atoms with E-state index in [9.17, 15) is 4.79 Å². The second kappa shape index (κ2) is 5.61. The fraction of sp³-hybridized carbons (Fsp3) is 0.0667. The topological polar surface area (TPSA) is 20.9 Å². The molecule has 0 saturated heterocycles. The molecule has 0 spiro atoms. The van der Waals surface area contributed by atoms with Gasteiger partial charge in [0, 0.05) is 11.1 Å². The highest BCUT2D eigenvalue weighted by Gasteiger charge is 2.05. The van der Waals surface area contributed by atoms with Gasteiger partial charge in [-0.2, -0.15) is 0 Å². The zero-order valence-electron chi connectivity index (χ0n) is 10.0. The minimum Gasteiger partial charge on any atom is -0.289 e. The molecule has 0 radical (unpaired) electrons. The molecular weight excluding hydrogens is 246 g/mol. The van der Waals surface area contributed by atoms with E-state index in [4.69, 9.17) is 11.6 Å². The first-order valence-corrected chi connectivity index (χ1v) is 5.97. The van der Waals surface area contributed by atoms with Crippen LogP contribution in [0, 0.1) is 0 Å². The van der Waals surface area contributed by atoms with Crippen molar-refractivity contribution in [3.63, 3.8) is 0 Å². The third kappa shape index (κ3) is 3.05. The lowest BCUT2D eigenvalue weighted by Crippen LogP contribution is -2.27. The third-order valence-corrected chi connectivity index (χ3v) is 2.89. The van der Waals surface area contributed by atoms with Gasteiger partial charge in [0.15, 0.2) is 18.2 Å². The number of hydrogen-bond donors (Lipinski definition) is 0. The molecule has 18 heavy (non-hydrogen) atoms. The molecule has 0 amide bonds. The van der Waals surface area contributed by atoms with E-state index in [0.717, 1.165) is 5.56 Å². The number of benzene rings is 1. The number of carbonyl (C=O) groups is 1. The molecular formula is C15H13ClNO+. The predicted octanol–water partition coefficient (Wildman–Crippen LogP) is 3.06. The molecule has 1 aromatic heterocycles. The van der Waals surface area contributed by atoms with Crippen molar-refractivity contribution in [2.24, 2.45) is 7.05 Å². The first-order valence-electron chi connectivity index (χ1n) is 5.59. The maximum absolute atomic E-state index is 11.9. The highest BCUT2D eigenvalue weighted by Crippen LogP contribution is 2.16. The summed E-state index contributed by atoms with van der Waals surface area (Å²) < 4.78 is 1.84. The van der Waals surface area contributed by atoms with Gasteiger partial charge in [-0.1, -0.05) is 29.8 Å². The zero-order chi connectivity index (χ0) is 13.0. The molecule has 0 atom stereocenters. The summed E-state index contributed by atoms with van der Waals surface area (Å²) in [6.45, 7) is 0. The molecule has 2 nitrogen and oxygen atoms in total. The summed E-state index contributed by atoms with van der Waals surface area (Å²) in [5.41, 5.74) is 1.50. The molecule has 3 heteroatoms. The molecule has 1 heterocycles. The Morgan fingerprint density at radius 3 is 2.72 bits per heavy atom. The van der Waals surface area contributed by atoms with Crippen LogP contribution in [0.2, 0.25) is 5.02 Å². The molecule has 90 valence electrons. The second-order valence-corrected chi connectivity index (χ2v) is 4.38. The summed E-state index contributed by atoms with van der Waals surface area (Å²) in [6, 6.07) is 11.1. The zero-order valence-corrected chi connectivity index (χ0v) is 10.8. The lowest BCUT2D eigenvalue weighted by atomic mass is 10.1. The van der Waals surface area contributed by atoms with E-state index in [1.165, 1.54) is 6.08 Å². The van der Waals surface area contributed by atoms with Crippen molar-refractivity contribution in [1.82, 2.24) is 0 Å². The predicted molar refractivity (Wildman–Crippen MR) is 72.4 cm³/mol. The fourth-order valence-electron chi connectivity index (χ4n) is 1.61. The smallest absolute Gasteiger partial charge is 0.191 e. The number of ketones is 1. The Hall–Kier alpha value is -1.93. The first-order chi connectivity index (χ1) is 8.66. The number of aryl methyl sites for hydroxylation is 1. The molecule has 0 bridgehead atoms. The van der Waals surface area contributed by atoms with Crippen LogP contribution in [0.5, 0.6) is 0 Å². The number of aromatic nitrogens is 1. The van der Waals surface area contributed by atoms with Crippen molar-refractivity contribution >= 4 is 23.5 Å². The van der Waals surface area contributed by atoms with Crippen LogP contribution in [0.25, 0.3) is 6.08 Å². The number of nitrogens with zero attached hydrogens (tertiary/aromatic N) is 1. The van der Waals surface area contributed by atoms with Crippen molar-refractivity contribution in [2.75, 3.05) is 0 Å². The van der Waals surface area contributed by atoms with Crippen LogP contribution < -0.4 is 4.57 Å². The summed E-state index contributed by atoms with van der Waals surface area (Å²) >= 11 is 6.01. The first kappa shape index (κ1) is 12.5. The highest BCUT2D eigenvalue weighted by molar-refractivity contribution is 6.32. The molecule has 0 N–H and O–H groups in total. The van der Waals surface area contributed by atoms with Crippen molar-refractivity contribution < 1.29 is 9.36 Å². The number of carbonyl (C=O) groups excluding carboxylic acids is 1. The summed E-state index contributed by atoms with van der Waals surface area (Å²) in [5.74, 6) is -0.0360. The van der Waals surface area contributed by atoms with Crippen LogP contribution in [-0.2, 0) is 7.05 Å². The Morgan fingerprint density at radius 1 is 1.22 bits per heavy atom. The number of allylic oxidation sites excluding steroid dienone is 1. The molecule has 2 aromatic rings. The van der Waals surface area contributed by atoms with Crippen LogP contribution in [0.4, 0.5) is 0 Å². The van der Waals surface area contributed by atoms with Gasteiger partial charge in [-0.15, -0.1) is 0 Å². The van der Waals surface area contributed by atoms with Gasteiger partial charge in [-0.25, -0.2) is 4.57 Å². The van der Waals surface area contributed by atoms with Gasteiger partial charge in [0.2, 0.25) is 0 Å². The van der Waals surface area contributed by atoms with E-state index in [-0.39, 0.29) is 5.78 Å². The number of hydrogen-bond acceptors (Lipinski definition) is 1. The van der Waals surface area contributed by atoms with Crippen molar-refractivity contribution in [1.29, 1.82) is 0 Å². The van der Waals surface area contributed by atoms with Gasteiger partial charge in [0.25, 0.3) is 0 Å². The maximum Gasteiger partial charge on any atom is 0.191 e. The Kier molecular flexibility index (Phi) is 3.90. The van der Waals surface area contributed by atoms with Gasteiger partial charge >= 0.3 is 0 Å². The molecule has 0 aliphatic heterocycles. The van der Waals surface area contributed by atoms with Gasteiger partial charge in [-0.05, 0) is 29.8 Å². The second-order valence-electron chi connectivity index (χ2n) is 3.98. The van der Waals surface area contributed by atoms with Crippen LogP contribution in [0.15, 0.2) is 54.9 Å². The molecule has 0 aliphatic rings.